The SMILES string of the molecule is C[C@H](Cc1ccc(CNCc2ccccc2)cc1)c1cccc(CN(Cc2ccccc2)C(=O)c2ccc(B(O)O)cc2)c1. The van der Waals surface area contributed by atoms with Crippen molar-refractivity contribution in [2.75, 3.05) is 0 Å². The van der Waals surface area contributed by atoms with Crippen LogP contribution in [0.15, 0.2) is 133 Å². The number of hydrogen-bond acceptors (Lipinski definition) is 4. The first kappa shape index (κ1) is 31.0. The molecule has 0 aromatic heterocycles. The third-order valence-corrected chi connectivity index (χ3v) is 7.92. The highest BCUT2D eigenvalue weighted by molar-refractivity contribution is 6.58. The molecule has 1 amide bonds. The average molecular weight is 583 g/mol. The fraction of sp³-hybridized carbons (Fsp3) is 0.184. The van der Waals surface area contributed by atoms with E-state index in [0.717, 1.165) is 30.6 Å². The summed E-state index contributed by atoms with van der Waals surface area (Å²) in [6.07, 6.45) is 0.927. The zero-order valence-electron chi connectivity index (χ0n) is 25.1. The Hall–Kier alpha value is -4.49. The Kier molecular flexibility index (Phi) is 10.8. The predicted octanol–water partition coefficient (Wildman–Crippen LogP) is 5.85. The van der Waals surface area contributed by atoms with Crippen molar-refractivity contribution in [3.8, 4) is 0 Å². The monoisotopic (exact) mass is 582 g/mol. The van der Waals surface area contributed by atoms with Crippen LogP contribution < -0.4 is 10.8 Å². The summed E-state index contributed by atoms with van der Waals surface area (Å²) in [4.78, 5) is 15.5. The lowest BCUT2D eigenvalue weighted by Gasteiger charge is -2.24. The quantitative estimate of drug-likeness (QED) is 0.153. The van der Waals surface area contributed by atoms with Gasteiger partial charge in [-0.25, -0.2) is 0 Å². The van der Waals surface area contributed by atoms with E-state index in [0.29, 0.717) is 30.0 Å². The van der Waals surface area contributed by atoms with Gasteiger partial charge < -0.3 is 20.3 Å². The maximum atomic E-state index is 13.7. The normalized spacial score (nSPS) is 11.6. The van der Waals surface area contributed by atoms with E-state index in [4.69, 9.17) is 0 Å². The summed E-state index contributed by atoms with van der Waals surface area (Å²) in [5.74, 6) is 0.206. The predicted molar refractivity (Wildman–Crippen MR) is 178 cm³/mol. The van der Waals surface area contributed by atoms with Crippen LogP contribution in [0.3, 0.4) is 0 Å². The topological polar surface area (TPSA) is 72.8 Å². The molecule has 222 valence electrons. The minimum absolute atomic E-state index is 0.107. The van der Waals surface area contributed by atoms with E-state index in [1.807, 2.05) is 41.3 Å². The van der Waals surface area contributed by atoms with Gasteiger partial charge in [-0.15, -0.1) is 0 Å². The van der Waals surface area contributed by atoms with Gasteiger partial charge in [-0.05, 0) is 63.3 Å². The first-order valence-corrected chi connectivity index (χ1v) is 15.1. The van der Waals surface area contributed by atoms with E-state index in [1.165, 1.54) is 22.3 Å². The Morgan fingerprint density at radius 3 is 1.84 bits per heavy atom. The van der Waals surface area contributed by atoms with Gasteiger partial charge in [0.1, 0.15) is 0 Å². The van der Waals surface area contributed by atoms with Gasteiger partial charge in [-0.2, -0.15) is 0 Å². The number of nitrogens with one attached hydrogen (secondary N) is 1. The number of amides is 1. The van der Waals surface area contributed by atoms with Gasteiger partial charge in [0.05, 0.1) is 0 Å². The summed E-state index contributed by atoms with van der Waals surface area (Å²) in [7, 11) is -1.57. The molecule has 0 heterocycles. The zero-order valence-corrected chi connectivity index (χ0v) is 25.1. The summed E-state index contributed by atoms with van der Waals surface area (Å²) in [5.41, 5.74) is 8.07. The molecule has 0 radical (unpaired) electrons. The molecule has 1 atom stereocenters. The molecule has 6 heteroatoms. The second-order valence-electron chi connectivity index (χ2n) is 11.4. The van der Waals surface area contributed by atoms with Crippen molar-refractivity contribution in [3.05, 3.63) is 172 Å². The van der Waals surface area contributed by atoms with Gasteiger partial charge in [0, 0.05) is 31.7 Å². The number of hydrogen-bond donors (Lipinski definition) is 3. The molecule has 0 aliphatic heterocycles. The molecule has 44 heavy (non-hydrogen) atoms. The fourth-order valence-corrected chi connectivity index (χ4v) is 5.41. The molecule has 0 aliphatic rings. The number of benzene rings is 5. The molecule has 5 nitrogen and oxygen atoms in total. The van der Waals surface area contributed by atoms with Crippen molar-refractivity contribution in [1.82, 2.24) is 10.2 Å². The number of nitrogens with zero attached hydrogens (tertiary/aromatic N) is 1. The van der Waals surface area contributed by atoms with E-state index < -0.39 is 7.12 Å². The second-order valence-corrected chi connectivity index (χ2v) is 11.4. The Bertz CT molecular complexity index is 1610. The highest BCUT2D eigenvalue weighted by Crippen LogP contribution is 2.23. The van der Waals surface area contributed by atoms with E-state index >= 15 is 0 Å². The minimum Gasteiger partial charge on any atom is -0.423 e. The molecule has 5 aromatic rings. The van der Waals surface area contributed by atoms with Crippen molar-refractivity contribution in [2.45, 2.75) is 45.4 Å². The summed E-state index contributed by atoms with van der Waals surface area (Å²) >= 11 is 0. The van der Waals surface area contributed by atoms with Gasteiger partial charge in [0.25, 0.3) is 5.91 Å². The van der Waals surface area contributed by atoms with Crippen LogP contribution in [0.5, 0.6) is 0 Å². The standard InChI is InChI=1S/C38H39BN2O3/c1-29(23-30-15-17-32(18-16-30)26-40-25-31-9-4-2-5-10-31)36-14-8-13-34(24-36)28-41(27-33-11-6-3-7-12-33)38(42)35-19-21-37(22-20-35)39(43)44/h2-22,24,29,40,43-44H,23,25-28H2,1H3/t29-/m1/s1. The maximum absolute atomic E-state index is 13.7. The Morgan fingerprint density at radius 2 is 1.20 bits per heavy atom. The van der Waals surface area contributed by atoms with Crippen molar-refractivity contribution in [3.63, 3.8) is 0 Å². The molecule has 3 N–H and O–H groups in total. The third kappa shape index (κ3) is 8.77. The van der Waals surface area contributed by atoms with Crippen LogP contribution in [-0.4, -0.2) is 28.0 Å². The largest absolute Gasteiger partial charge is 0.488 e. The highest BCUT2D eigenvalue weighted by atomic mass is 16.4. The van der Waals surface area contributed by atoms with Crippen LogP contribution in [-0.2, 0) is 32.6 Å². The fourth-order valence-electron chi connectivity index (χ4n) is 5.41. The van der Waals surface area contributed by atoms with Gasteiger partial charge in [-0.1, -0.05) is 128 Å². The van der Waals surface area contributed by atoms with Crippen molar-refractivity contribution in [2.24, 2.45) is 0 Å². The second kappa shape index (κ2) is 15.3. The van der Waals surface area contributed by atoms with Crippen molar-refractivity contribution >= 4 is 18.5 Å². The zero-order chi connectivity index (χ0) is 30.7. The first-order valence-electron chi connectivity index (χ1n) is 15.1. The molecule has 0 saturated heterocycles. The molecule has 0 unspecified atom stereocenters. The molecule has 0 spiro atoms. The number of rotatable bonds is 13. The molecule has 0 aliphatic carbocycles. The first-order chi connectivity index (χ1) is 21.4. The smallest absolute Gasteiger partial charge is 0.423 e. The van der Waals surface area contributed by atoms with E-state index in [9.17, 15) is 14.8 Å². The molecule has 0 saturated carbocycles. The average Bonchev–Trinajstić information content (AvgIpc) is 3.06. The van der Waals surface area contributed by atoms with Gasteiger partial charge >= 0.3 is 7.12 Å². The third-order valence-electron chi connectivity index (χ3n) is 7.92. The van der Waals surface area contributed by atoms with Gasteiger partial charge in [0.2, 0.25) is 0 Å². The minimum atomic E-state index is -1.57. The molecule has 5 aromatic carbocycles. The number of carbonyl (C=O) groups is 1. The van der Waals surface area contributed by atoms with E-state index in [2.05, 4.69) is 85.0 Å². The van der Waals surface area contributed by atoms with Crippen LogP contribution in [0.1, 0.15) is 56.6 Å². The lowest BCUT2D eigenvalue weighted by atomic mass is 9.80. The summed E-state index contributed by atoms with van der Waals surface area (Å²) in [6.45, 7) is 4.86. The van der Waals surface area contributed by atoms with Crippen molar-refractivity contribution in [1.29, 1.82) is 0 Å². The lowest BCUT2D eigenvalue weighted by Crippen LogP contribution is -2.32. The maximum Gasteiger partial charge on any atom is 0.488 e. The van der Waals surface area contributed by atoms with Crippen molar-refractivity contribution < 1.29 is 14.8 Å². The highest BCUT2D eigenvalue weighted by Gasteiger charge is 2.19. The lowest BCUT2D eigenvalue weighted by molar-refractivity contribution is 0.0730. The van der Waals surface area contributed by atoms with Gasteiger partial charge in [-0.3, -0.25) is 4.79 Å². The molecule has 0 fully saturated rings. The molecular weight excluding hydrogens is 543 g/mol. The molecule has 0 bridgehead atoms. The summed E-state index contributed by atoms with van der Waals surface area (Å²) in [5, 5.41) is 22.4. The summed E-state index contributed by atoms with van der Waals surface area (Å²) < 4.78 is 0. The van der Waals surface area contributed by atoms with Gasteiger partial charge in [0.15, 0.2) is 0 Å². The van der Waals surface area contributed by atoms with E-state index in [-0.39, 0.29) is 5.91 Å². The van der Waals surface area contributed by atoms with Crippen LogP contribution in [0.4, 0.5) is 0 Å². The van der Waals surface area contributed by atoms with Crippen LogP contribution in [0.2, 0.25) is 0 Å². The van der Waals surface area contributed by atoms with Crippen LogP contribution >= 0.6 is 0 Å². The van der Waals surface area contributed by atoms with Crippen LogP contribution in [0, 0.1) is 0 Å². The summed E-state index contributed by atoms with van der Waals surface area (Å²) in [6, 6.07) is 44.2. The molecule has 5 rings (SSSR count). The molecular formula is C38H39BN2O3. The Balaban J connectivity index is 1.23. The Labute approximate surface area is 261 Å². The Morgan fingerprint density at radius 1 is 0.659 bits per heavy atom. The number of carbonyl (C=O) groups excluding carboxylic acids is 1. The van der Waals surface area contributed by atoms with Crippen LogP contribution in [0.25, 0.3) is 0 Å². The van der Waals surface area contributed by atoms with E-state index in [1.54, 1.807) is 24.3 Å².